The highest BCUT2D eigenvalue weighted by atomic mass is 79.9. The van der Waals surface area contributed by atoms with E-state index < -0.39 is 0 Å². The Labute approximate surface area is 185 Å². The van der Waals surface area contributed by atoms with Crippen LogP contribution < -0.4 is 5.32 Å². The molecule has 0 aliphatic carbocycles. The van der Waals surface area contributed by atoms with Gasteiger partial charge in [-0.05, 0) is 82.7 Å². The van der Waals surface area contributed by atoms with Crippen LogP contribution in [0.25, 0.3) is 11.1 Å². The molecule has 1 amide bonds. The predicted octanol–water partition coefficient (Wildman–Crippen LogP) is 6.01. The molecule has 0 unspecified atom stereocenters. The monoisotopic (exact) mass is 465 g/mol. The van der Waals surface area contributed by atoms with Gasteiger partial charge in [-0.15, -0.1) is 0 Å². The molecule has 3 rings (SSSR count). The van der Waals surface area contributed by atoms with Crippen molar-refractivity contribution in [1.82, 2.24) is 0 Å². The van der Waals surface area contributed by atoms with Gasteiger partial charge >= 0.3 is 5.97 Å². The standard InChI is InChI=1S/C25H24BrNO3/c1-15-9-11-18(12-10-15)24-16(2)13-22(17(3)20(24)14-23(28)30-4)27-25(29)19-7-5-6-8-21(19)26/h5-13H,14H2,1-4H3,(H,27,29). The zero-order chi connectivity index (χ0) is 21.8. The third-order valence-corrected chi connectivity index (χ3v) is 5.86. The highest BCUT2D eigenvalue weighted by molar-refractivity contribution is 9.10. The van der Waals surface area contributed by atoms with Crippen LogP contribution in [0, 0.1) is 20.8 Å². The van der Waals surface area contributed by atoms with E-state index in [1.165, 1.54) is 12.7 Å². The van der Waals surface area contributed by atoms with Gasteiger partial charge in [0, 0.05) is 10.2 Å². The summed E-state index contributed by atoms with van der Waals surface area (Å²) < 4.78 is 5.66. The summed E-state index contributed by atoms with van der Waals surface area (Å²) in [5.74, 6) is -0.530. The quantitative estimate of drug-likeness (QED) is 0.469. The highest BCUT2D eigenvalue weighted by Crippen LogP contribution is 2.35. The number of nitrogens with one attached hydrogen (secondary N) is 1. The van der Waals surface area contributed by atoms with Gasteiger partial charge in [0.15, 0.2) is 0 Å². The van der Waals surface area contributed by atoms with Gasteiger partial charge < -0.3 is 10.1 Å². The molecular formula is C25H24BrNO3. The van der Waals surface area contributed by atoms with E-state index in [9.17, 15) is 9.59 Å². The molecule has 0 aliphatic heterocycles. The lowest BCUT2D eigenvalue weighted by atomic mass is 9.88. The molecule has 0 aromatic heterocycles. The van der Waals surface area contributed by atoms with Gasteiger partial charge in [-0.2, -0.15) is 0 Å². The number of aryl methyl sites for hydroxylation is 2. The summed E-state index contributed by atoms with van der Waals surface area (Å²) in [6.07, 6.45) is 0.130. The lowest BCUT2D eigenvalue weighted by molar-refractivity contribution is -0.139. The molecule has 30 heavy (non-hydrogen) atoms. The Kier molecular flexibility index (Phi) is 6.73. The third kappa shape index (κ3) is 4.62. The van der Waals surface area contributed by atoms with Gasteiger partial charge in [0.1, 0.15) is 0 Å². The second kappa shape index (κ2) is 9.26. The molecule has 0 bridgehead atoms. The molecule has 0 aliphatic rings. The Bertz CT molecular complexity index is 1100. The molecule has 0 heterocycles. The maximum atomic E-state index is 12.8. The van der Waals surface area contributed by atoms with E-state index in [4.69, 9.17) is 4.74 Å². The lowest BCUT2D eigenvalue weighted by Crippen LogP contribution is -2.16. The SMILES string of the molecule is COC(=O)Cc1c(C)c(NC(=O)c2ccccc2Br)cc(C)c1-c1ccc(C)cc1. The van der Waals surface area contributed by atoms with Crippen LogP contribution in [0.3, 0.4) is 0 Å². The summed E-state index contributed by atoms with van der Waals surface area (Å²) in [5.41, 5.74) is 7.11. The van der Waals surface area contributed by atoms with Gasteiger partial charge in [-0.1, -0.05) is 42.0 Å². The zero-order valence-electron chi connectivity index (χ0n) is 17.5. The Hall–Kier alpha value is -2.92. The number of hydrogen-bond acceptors (Lipinski definition) is 3. The first-order valence-corrected chi connectivity index (χ1v) is 10.4. The van der Waals surface area contributed by atoms with Crippen molar-refractivity contribution in [2.75, 3.05) is 12.4 Å². The zero-order valence-corrected chi connectivity index (χ0v) is 19.1. The summed E-state index contributed by atoms with van der Waals surface area (Å²) >= 11 is 3.43. The summed E-state index contributed by atoms with van der Waals surface area (Å²) in [7, 11) is 1.38. The summed E-state index contributed by atoms with van der Waals surface area (Å²) in [6, 6.07) is 17.4. The second-order valence-corrected chi connectivity index (χ2v) is 8.13. The molecule has 0 spiro atoms. The predicted molar refractivity (Wildman–Crippen MR) is 124 cm³/mol. The maximum absolute atomic E-state index is 12.8. The van der Waals surface area contributed by atoms with Crippen LogP contribution in [0.2, 0.25) is 0 Å². The summed E-state index contributed by atoms with van der Waals surface area (Å²) in [5, 5.41) is 3.01. The van der Waals surface area contributed by atoms with Gasteiger partial charge in [0.05, 0.1) is 19.1 Å². The van der Waals surface area contributed by atoms with Crippen molar-refractivity contribution in [3.05, 3.63) is 86.9 Å². The number of anilines is 1. The molecule has 5 heteroatoms. The Morgan fingerprint density at radius 1 is 1.00 bits per heavy atom. The Morgan fingerprint density at radius 2 is 1.67 bits per heavy atom. The van der Waals surface area contributed by atoms with E-state index in [1.54, 1.807) is 6.07 Å². The van der Waals surface area contributed by atoms with Crippen molar-refractivity contribution in [1.29, 1.82) is 0 Å². The van der Waals surface area contributed by atoms with Crippen molar-refractivity contribution >= 4 is 33.5 Å². The lowest BCUT2D eigenvalue weighted by Gasteiger charge is -2.20. The molecule has 0 saturated carbocycles. The highest BCUT2D eigenvalue weighted by Gasteiger charge is 2.20. The second-order valence-electron chi connectivity index (χ2n) is 7.27. The van der Waals surface area contributed by atoms with Gasteiger partial charge in [0.2, 0.25) is 0 Å². The van der Waals surface area contributed by atoms with Crippen LogP contribution in [0.4, 0.5) is 5.69 Å². The Balaban J connectivity index is 2.10. The fourth-order valence-electron chi connectivity index (χ4n) is 3.51. The number of rotatable bonds is 5. The van der Waals surface area contributed by atoms with E-state index in [-0.39, 0.29) is 18.3 Å². The topological polar surface area (TPSA) is 55.4 Å². The van der Waals surface area contributed by atoms with Crippen LogP contribution in [0.5, 0.6) is 0 Å². The van der Waals surface area contributed by atoms with E-state index in [0.717, 1.165) is 32.3 Å². The van der Waals surface area contributed by atoms with Crippen LogP contribution in [-0.2, 0) is 16.0 Å². The van der Waals surface area contributed by atoms with Crippen LogP contribution in [0.15, 0.2) is 59.1 Å². The van der Waals surface area contributed by atoms with Crippen LogP contribution >= 0.6 is 15.9 Å². The van der Waals surface area contributed by atoms with E-state index in [0.29, 0.717) is 11.3 Å². The van der Waals surface area contributed by atoms with E-state index >= 15 is 0 Å². The van der Waals surface area contributed by atoms with Gasteiger partial charge in [-0.25, -0.2) is 0 Å². The molecule has 3 aromatic rings. The molecule has 4 nitrogen and oxygen atoms in total. The number of benzene rings is 3. The molecule has 0 fully saturated rings. The van der Waals surface area contributed by atoms with Crippen molar-refractivity contribution in [2.45, 2.75) is 27.2 Å². The first kappa shape index (κ1) is 21.8. The number of carbonyl (C=O) groups is 2. The molecule has 0 saturated heterocycles. The van der Waals surface area contributed by atoms with Crippen LogP contribution in [-0.4, -0.2) is 19.0 Å². The number of carbonyl (C=O) groups excluding carboxylic acids is 2. The average molecular weight is 466 g/mol. The largest absolute Gasteiger partial charge is 0.469 e. The molecule has 1 N–H and O–H groups in total. The van der Waals surface area contributed by atoms with Crippen molar-refractivity contribution in [3.8, 4) is 11.1 Å². The molecular weight excluding hydrogens is 442 g/mol. The fraction of sp³-hybridized carbons (Fsp3) is 0.200. The number of halogens is 1. The molecule has 0 radical (unpaired) electrons. The minimum absolute atomic E-state index is 0.130. The minimum Gasteiger partial charge on any atom is -0.469 e. The van der Waals surface area contributed by atoms with Crippen LogP contribution in [0.1, 0.15) is 32.6 Å². The number of ether oxygens (including phenoxy) is 1. The summed E-state index contributed by atoms with van der Waals surface area (Å²) in [4.78, 5) is 25.0. The Morgan fingerprint density at radius 3 is 2.30 bits per heavy atom. The van der Waals surface area contributed by atoms with Crippen molar-refractivity contribution < 1.29 is 14.3 Å². The first-order chi connectivity index (χ1) is 14.3. The number of hydrogen-bond donors (Lipinski definition) is 1. The summed E-state index contributed by atoms with van der Waals surface area (Å²) in [6.45, 7) is 5.95. The number of methoxy groups -OCH3 is 1. The van der Waals surface area contributed by atoms with E-state index in [1.807, 2.05) is 45.0 Å². The smallest absolute Gasteiger partial charge is 0.310 e. The third-order valence-electron chi connectivity index (χ3n) is 5.17. The molecule has 3 aromatic carbocycles. The molecule has 154 valence electrons. The average Bonchev–Trinajstić information content (AvgIpc) is 2.72. The normalized spacial score (nSPS) is 10.6. The minimum atomic E-state index is -0.319. The van der Waals surface area contributed by atoms with Gasteiger partial charge in [-0.3, -0.25) is 9.59 Å². The van der Waals surface area contributed by atoms with Crippen molar-refractivity contribution in [3.63, 3.8) is 0 Å². The number of esters is 1. The van der Waals surface area contributed by atoms with Gasteiger partial charge in [0.25, 0.3) is 5.91 Å². The first-order valence-electron chi connectivity index (χ1n) is 9.64. The van der Waals surface area contributed by atoms with Crippen molar-refractivity contribution in [2.24, 2.45) is 0 Å². The fourth-order valence-corrected chi connectivity index (χ4v) is 3.97. The molecule has 0 atom stereocenters. The van der Waals surface area contributed by atoms with E-state index in [2.05, 4.69) is 45.5 Å². The number of amides is 1. The maximum Gasteiger partial charge on any atom is 0.310 e.